The molecule has 1 aliphatic rings. The van der Waals surface area contributed by atoms with Gasteiger partial charge in [-0.2, -0.15) is 0 Å². The Morgan fingerprint density at radius 1 is 1.21 bits per heavy atom. The zero-order chi connectivity index (χ0) is 21.3. The van der Waals surface area contributed by atoms with Crippen LogP contribution in [0.4, 0.5) is 5.69 Å². The molecule has 1 aromatic carbocycles. The van der Waals surface area contributed by atoms with Crippen molar-refractivity contribution in [3.8, 4) is 0 Å². The number of para-hydroxylation sites is 1. The van der Waals surface area contributed by atoms with Crippen molar-refractivity contribution >= 4 is 98.5 Å². The van der Waals surface area contributed by atoms with Crippen LogP contribution in [0.5, 0.6) is 0 Å². The molecule has 1 aliphatic carbocycles. The normalized spacial score (nSPS) is 21.3. The van der Waals surface area contributed by atoms with Crippen molar-refractivity contribution in [1.29, 1.82) is 0 Å². The summed E-state index contributed by atoms with van der Waals surface area (Å²) in [6.07, 6.45) is 0.550. The minimum atomic E-state index is -1.86. The third-order valence-corrected chi connectivity index (χ3v) is 5.97. The number of anilines is 1. The number of benzene rings is 1. The molecule has 1 amide bonds. The van der Waals surface area contributed by atoms with Crippen LogP contribution in [-0.4, -0.2) is 21.0 Å². The van der Waals surface area contributed by atoms with Crippen molar-refractivity contribution in [3.63, 3.8) is 0 Å². The van der Waals surface area contributed by atoms with E-state index in [2.05, 4.69) is 16.0 Å². The SMILES string of the molecule is CC1(C)[C@H](C(=O)N[C@H](NC(=S)Nc2ccccc2Cl)C(Cl)(Cl)Cl)[C@@H]1C=C(Cl)Cl. The van der Waals surface area contributed by atoms with Gasteiger partial charge in [0.2, 0.25) is 9.70 Å². The summed E-state index contributed by atoms with van der Waals surface area (Å²) >= 11 is 40.9. The topological polar surface area (TPSA) is 53.2 Å². The zero-order valence-electron chi connectivity index (χ0n) is 14.7. The molecule has 1 saturated carbocycles. The highest BCUT2D eigenvalue weighted by molar-refractivity contribution is 7.80. The van der Waals surface area contributed by atoms with Gasteiger partial charge < -0.3 is 16.0 Å². The van der Waals surface area contributed by atoms with E-state index in [1.165, 1.54) is 0 Å². The lowest BCUT2D eigenvalue weighted by molar-refractivity contribution is -0.123. The van der Waals surface area contributed by atoms with Gasteiger partial charge >= 0.3 is 0 Å². The van der Waals surface area contributed by atoms with Crippen LogP contribution in [0.2, 0.25) is 5.02 Å². The van der Waals surface area contributed by atoms with E-state index in [0.29, 0.717) is 10.7 Å². The van der Waals surface area contributed by atoms with E-state index >= 15 is 0 Å². The van der Waals surface area contributed by atoms with Crippen LogP contribution in [0.25, 0.3) is 0 Å². The maximum Gasteiger partial charge on any atom is 0.228 e. The molecule has 0 spiro atoms. The maximum atomic E-state index is 12.7. The molecule has 0 heterocycles. The standard InChI is InChI=1S/C17H17Cl6N3OS/c1-16(2)8(7-11(19)20)12(16)13(27)25-14(17(21,22)23)26-15(28)24-10-6-4-3-5-9(10)18/h3-8,12,14H,1-2H3,(H,25,27)(H2,24,26,28)/t8-,12-,14+/m0/s1. The summed E-state index contributed by atoms with van der Waals surface area (Å²) < 4.78 is -1.76. The first kappa shape index (κ1) is 24.1. The van der Waals surface area contributed by atoms with Crippen LogP contribution in [-0.2, 0) is 4.79 Å². The molecule has 0 saturated heterocycles. The highest BCUT2D eigenvalue weighted by atomic mass is 35.6. The fourth-order valence-corrected chi connectivity index (χ4v) is 3.92. The second kappa shape index (κ2) is 9.34. The van der Waals surface area contributed by atoms with E-state index in [1.807, 2.05) is 13.8 Å². The van der Waals surface area contributed by atoms with Crippen molar-refractivity contribution in [3.05, 3.63) is 39.9 Å². The molecule has 11 heteroatoms. The molecule has 0 radical (unpaired) electrons. The average Bonchev–Trinajstić information content (AvgIpc) is 3.07. The van der Waals surface area contributed by atoms with Crippen molar-refractivity contribution in [2.24, 2.45) is 17.3 Å². The fraction of sp³-hybridized carbons (Fsp3) is 0.412. The number of hydrogen-bond donors (Lipinski definition) is 3. The summed E-state index contributed by atoms with van der Waals surface area (Å²) in [6.45, 7) is 3.85. The van der Waals surface area contributed by atoms with Crippen LogP contribution >= 0.6 is 81.8 Å². The zero-order valence-corrected chi connectivity index (χ0v) is 20.1. The fourth-order valence-electron chi connectivity index (χ4n) is 2.91. The molecule has 4 nitrogen and oxygen atoms in total. The molecule has 0 aromatic heterocycles. The van der Waals surface area contributed by atoms with Gasteiger partial charge in [0.1, 0.15) is 10.7 Å². The van der Waals surface area contributed by atoms with E-state index in [0.717, 1.165) is 0 Å². The number of halogens is 6. The Morgan fingerprint density at radius 2 is 1.82 bits per heavy atom. The Labute approximate surface area is 199 Å². The molecule has 0 aliphatic heterocycles. The monoisotopic (exact) mass is 521 g/mol. The first-order valence-electron chi connectivity index (χ1n) is 8.06. The van der Waals surface area contributed by atoms with Gasteiger partial charge in [-0.25, -0.2) is 0 Å². The molecular formula is C17H17Cl6N3OS. The summed E-state index contributed by atoms with van der Waals surface area (Å²) in [5.41, 5.74) is 0.245. The van der Waals surface area contributed by atoms with Gasteiger partial charge in [-0.15, -0.1) is 0 Å². The molecule has 1 aromatic rings. The van der Waals surface area contributed by atoms with E-state index in [4.69, 9.17) is 81.8 Å². The van der Waals surface area contributed by atoms with E-state index in [9.17, 15) is 4.79 Å². The third kappa shape index (κ3) is 6.18. The van der Waals surface area contributed by atoms with Crippen LogP contribution in [0.3, 0.4) is 0 Å². The Morgan fingerprint density at radius 3 is 2.36 bits per heavy atom. The second-order valence-corrected chi connectivity index (χ2v) is 11.0. The number of carbonyl (C=O) groups excluding carboxylic acids is 1. The molecule has 1 fully saturated rings. The summed E-state index contributed by atoms with van der Waals surface area (Å²) in [5, 5.41) is 8.97. The first-order chi connectivity index (χ1) is 12.8. The lowest BCUT2D eigenvalue weighted by Gasteiger charge is -2.28. The van der Waals surface area contributed by atoms with Gasteiger partial charge in [0.05, 0.1) is 16.6 Å². The Kier molecular flexibility index (Phi) is 8.05. The lowest BCUT2D eigenvalue weighted by Crippen LogP contribution is -2.56. The number of allylic oxidation sites excluding steroid dienone is 1. The smallest absolute Gasteiger partial charge is 0.228 e. The molecule has 28 heavy (non-hydrogen) atoms. The minimum Gasteiger partial charge on any atom is -0.339 e. The molecule has 3 N–H and O–H groups in total. The number of alkyl halides is 3. The summed E-state index contributed by atoms with van der Waals surface area (Å²) in [4.78, 5) is 12.7. The van der Waals surface area contributed by atoms with Gasteiger partial charge in [0.25, 0.3) is 0 Å². The highest BCUT2D eigenvalue weighted by Gasteiger charge is 2.61. The molecule has 0 unspecified atom stereocenters. The Hall–Kier alpha value is -0.140. The summed E-state index contributed by atoms with van der Waals surface area (Å²) in [5.74, 6) is -0.811. The van der Waals surface area contributed by atoms with Crippen LogP contribution in [0, 0.1) is 17.3 Å². The highest BCUT2D eigenvalue weighted by Crippen LogP contribution is 2.59. The van der Waals surface area contributed by atoms with Crippen molar-refractivity contribution in [1.82, 2.24) is 10.6 Å². The van der Waals surface area contributed by atoms with Crippen LogP contribution < -0.4 is 16.0 Å². The van der Waals surface area contributed by atoms with Crippen LogP contribution in [0.15, 0.2) is 34.8 Å². The second-order valence-electron chi connectivity index (χ2n) is 6.84. The molecular weight excluding hydrogens is 507 g/mol. The Bertz CT molecular complexity index is 791. The van der Waals surface area contributed by atoms with Gasteiger partial charge in [-0.1, -0.05) is 95.6 Å². The summed E-state index contributed by atoms with van der Waals surface area (Å²) in [7, 11) is 0. The maximum absolute atomic E-state index is 12.7. The predicted molar refractivity (Wildman–Crippen MR) is 124 cm³/mol. The van der Waals surface area contributed by atoms with E-state index in [1.54, 1.807) is 30.3 Å². The number of nitrogens with one attached hydrogen (secondary N) is 3. The quantitative estimate of drug-likeness (QED) is 0.250. The van der Waals surface area contributed by atoms with Crippen molar-refractivity contribution < 1.29 is 4.79 Å². The van der Waals surface area contributed by atoms with Gasteiger partial charge in [0.15, 0.2) is 5.11 Å². The molecule has 0 bridgehead atoms. The summed E-state index contributed by atoms with van der Waals surface area (Å²) in [6, 6.07) is 7.00. The third-order valence-electron chi connectivity index (χ3n) is 4.51. The van der Waals surface area contributed by atoms with Gasteiger partial charge in [-0.05, 0) is 41.8 Å². The predicted octanol–water partition coefficient (Wildman–Crippen LogP) is 6.03. The first-order valence-corrected chi connectivity index (χ1v) is 10.7. The molecule has 2 rings (SSSR count). The van der Waals surface area contributed by atoms with Crippen LogP contribution in [0.1, 0.15) is 13.8 Å². The van der Waals surface area contributed by atoms with Gasteiger partial charge in [-0.3, -0.25) is 4.79 Å². The molecule has 154 valence electrons. The van der Waals surface area contributed by atoms with Crippen molar-refractivity contribution in [2.45, 2.75) is 23.8 Å². The van der Waals surface area contributed by atoms with Gasteiger partial charge in [0, 0.05) is 0 Å². The van der Waals surface area contributed by atoms with Crippen molar-refractivity contribution in [2.75, 3.05) is 5.32 Å². The number of amides is 1. The number of thiocarbonyl (C=S) groups is 1. The molecule has 3 atom stereocenters. The number of rotatable bonds is 5. The van der Waals surface area contributed by atoms with E-state index < -0.39 is 9.96 Å². The van der Waals surface area contributed by atoms with E-state index in [-0.39, 0.29) is 32.8 Å². The average molecular weight is 524 g/mol. The largest absolute Gasteiger partial charge is 0.339 e. The number of hydrogen-bond acceptors (Lipinski definition) is 2. The lowest BCUT2D eigenvalue weighted by atomic mass is 10.1. The minimum absolute atomic E-state index is 0.106. The number of carbonyl (C=O) groups is 1. The Balaban J connectivity index is 2.06.